The lowest BCUT2D eigenvalue weighted by atomic mass is 9.96. The first-order valence-corrected chi connectivity index (χ1v) is 16.0. The topological polar surface area (TPSA) is 26.0 Å². The van der Waals surface area contributed by atoms with Gasteiger partial charge in [0.2, 0.25) is 0 Å². The standard InChI is InChI=1S/C45H29NO/c1-3-10-30(11-4-1)38-28-41(34-13-5-2-6-14-34)46-42(29-38)39-16-9-17-44-45(39)40-27-37(24-25-43(40)47-44)33-20-18-32(19-21-33)36-23-22-31-12-7-8-15-35(31)26-36/h1-29H. The van der Waals surface area contributed by atoms with E-state index in [1.54, 1.807) is 0 Å². The molecule has 0 bridgehead atoms. The Bertz CT molecular complexity index is 2490. The highest BCUT2D eigenvalue weighted by atomic mass is 16.3. The van der Waals surface area contributed by atoms with Crippen molar-refractivity contribution in [2.45, 2.75) is 0 Å². The fraction of sp³-hybridized carbons (Fsp3) is 0. The van der Waals surface area contributed by atoms with E-state index in [1.165, 1.54) is 27.5 Å². The summed E-state index contributed by atoms with van der Waals surface area (Å²) in [5, 5.41) is 4.67. The molecule has 2 heteroatoms. The number of pyridine rings is 1. The molecule has 9 aromatic rings. The minimum absolute atomic E-state index is 0.856. The molecule has 0 amide bonds. The monoisotopic (exact) mass is 599 g/mol. The van der Waals surface area contributed by atoms with E-state index in [4.69, 9.17) is 9.40 Å². The second-order valence-corrected chi connectivity index (χ2v) is 12.0. The molecule has 9 rings (SSSR count). The number of fused-ring (bicyclic) bond motifs is 4. The van der Waals surface area contributed by atoms with E-state index in [2.05, 4.69) is 170 Å². The molecular weight excluding hydrogens is 571 g/mol. The van der Waals surface area contributed by atoms with Crippen LogP contribution >= 0.6 is 0 Å². The third kappa shape index (κ3) is 4.97. The molecule has 0 aliphatic rings. The van der Waals surface area contributed by atoms with E-state index < -0.39 is 0 Å². The summed E-state index contributed by atoms with van der Waals surface area (Å²) >= 11 is 0. The number of hydrogen-bond acceptors (Lipinski definition) is 2. The van der Waals surface area contributed by atoms with Crippen LogP contribution in [-0.2, 0) is 0 Å². The van der Waals surface area contributed by atoms with Crippen molar-refractivity contribution in [3.8, 4) is 55.9 Å². The minimum atomic E-state index is 0.856. The number of rotatable bonds is 5. The Balaban J connectivity index is 1.16. The van der Waals surface area contributed by atoms with Crippen LogP contribution in [0.5, 0.6) is 0 Å². The minimum Gasteiger partial charge on any atom is -0.456 e. The molecule has 0 fully saturated rings. The summed E-state index contributed by atoms with van der Waals surface area (Å²) in [5.74, 6) is 0. The third-order valence-corrected chi connectivity index (χ3v) is 9.07. The maximum atomic E-state index is 6.42. The largest absolute Gasteiger partial charge is 0.456 e. The summed E-state index contributed by atoms with van der Waals surface area (Å²) in [6, 6.07) is 62.1. The molecule has 2 nitrogen and oxygen atoms in total. The van der Waals surface area contributed by atoms with Gasteiger partial charge in [0.25, 0.3) is 0 Å². The van der Waals surface area contributed by atoms with E-state index in [9.17, 15) is 0 Å². The Hall–Kier alpha value is -6.25. The zero-order valence-electron chi connectivity index (χ0n) is 25.6. The first-order valence-electron chi connectivity index (χ1n) is 16.0. The molecule has 7 aromatic carbocycles. The highest BCUT2D eigenvalue weighted by molar-refractivity contribution is 6.13. The van der Waals surface area contributed by atoms with E-state index >= 15 is 0 Å². The van der Waals surface area contributed by atoms with Gasteiger partial charge in [-0.25, -0.2) is 4.98 Å². The van der Waals surface area contributed by atoms with Gasteiger partial charge in [0, 0.05) is 21.9 Å². The molecule has 0 N–H and O–H groups in total. The van der Waals surface area contributed by atoms with Crippen molar-refractivity contribution in [2.24, 2.45) is 0 Å². The van der Waals surface area contributed by atoms with E-state index in [1.807, 2.05) is 6.07 Å². The van der Waals surface area contributed by atoms with Crippen molar-refractivity contribution >= 4 is 32.7 Å². The van der Waals surface area contributed by atoms with Gasteiger partial charge in [0.15, 0.2) is 0 Å². The van der Waals surface area contributed by atoms with E-state index in [-0.39, 0.29) is 0 Å². The fourth-order valence-corrected chi connectivity index (χ4v) is 6.67. The van der Waals surface area contributed by atoms with Gasteiger partial charge in [-0.05, 0) is 80.6 Å². The average molecular weight is 600 g/mol. The summed E-state index contributed by atoms with van der Waals surface area (Å²) in [4.78, 5) is 5.23. The van der Waals surface area contributed by atoms with Gasteiger partial charge < -0.3 is 4.42 Å². The number of hydrogen-bond donors (Lipinski definition) is 0. The Morgan fingerprint density at radius 3 is 1.70 bits per heavy atom. The Kier molecular flexibility index (Phi) is 6.50. The Morgan fingerprint density at radius 1 is 0.340 bits per heavy atom. The van der Waals surface area contributed by atoms with Crippen molar-refractivity contribution in [1.29, 1.82) is 0 Å². The van der Waals surface area contributed by atoms with Crippen LogP contribution in [0.3, 0.4) is 0 Å². The molecule has 0 aliphatic heterocycles. The molecule has 0 spiro atoms. The van der Waals surface area contributed by atoms with Gasteiger partial charge in [0.05, 0.1) is 11.4 Å². The lowest BCUT2D eigenvalue weighted by Gasteiger charge is -2.11. The predicted molar refractivity (Wildman–Crippen MR) is 196 cm³/mol. The fourth-order valence-electron chi connectivity index (χ4n) is 6.67. The van der Waals surface area contributed by atoms with Crippen LogP contribution in [0.15, 0.2) is 180 Å². The van der Waals surface area contributed by atoms with Crippen LogP contribution in [0.25, 0.3) is 88.6 Å². The van der Waals surface area contributed by atoms with E-state index in [0.29, 0.717) is 0 Å². The molecule has 0 unspecified atom stereocenters. The molecular formula is C45H29NO. The third-order valence-electron chi connectivity index (χ3n) is 9.07. The summed E-state index contributed by atoms with van der Waals surface area (Å²) in [6.07, 6.45) is 0. The second-order valence-electron chi connectivity index (χ2n) is 12.0. The maximum Gasteiger partial charge on any atom is 0.136 e. The average Bonchev–Trinajstić information content (AvgIpc) is 3.53. The van der Waals surface area contributed by atoms with Crippen LogP contribution in [-0.4, -0.2) is 4.98 Å². The second kappa shape index (κ2) is 11.3. The number of benzene rings is 7. The van der Waals surface area contributed by atoms with Gasteiger partial charge >= 0.3 is 0 Å². The first kappa shape index (κ1) is 27.1. The van der Waals surface area contributed by atoms with Crippen LogP contribution in [0.1, 0.15) is 0 Å². The van der Waals surface area contributed by atoms with Crippen molar-refractivity contribution in [2.75, 3.05) is 0 Å². The van der Waals surface area contributed by atoms with Crippen molar-refractivity contribution < 1.29 is 4.42 Å². The Labute approximate surface area is 273 Å². The van der Waals surface area contributed by atoms with Crippen LogP contribution in [0.4, 0.5) is 0 Å². The van der Waals surface area contributed by atoms with Crippen molar-refractivity contribution in [3.63, 3.8) is 0 Å². The van der Waals surface area contributed by atoms with Gasteiger partial charge in [-0.1, -0.05) is 140 Å². The molecule has 0 radical (unpaired) electrons. The number of furan rings is 1. The zero-order valence-corrected chi connectivity index (χ0v) is 25.6. The highest BCUT2D eigenvalue weighted by Crippen LogP contribution is 2.40. The lowest BCUT2D eigenvalue weighted by Crippen LogP contribution is -1.91. The number of aromatic nitrogens is 1. The summed E-state index contributed by atoms with van der Waals surface area (Å²) in [7, 11) is 0. The number of nitrogens with zero attached hydrogens (tertiary/aromatic N) is 1. The van der Waals surface area contributed by atoms with Gasteiger partial charge in [0.1, 0.15) is 11.2 Å². The van der Waals surface area contributed by atoms with Crippen molar-refractivity contribution in [1.82, 2.24) is 4.98 Å². The van der Waals surface area contributed by atoms with Crippen LogP contribution in [0.2, 0.25) is 0 Å². The van der Waals surface area contributed by atoms with Gasteiger partial charge in [-0.2, -0.15) is 0 Å². The highest BCUT2D eigenvalue weighted by Gasteiger charge is 2.16. The molecule has 2 heterocycles. The lowest BCUT2D eigenvalue weighted by molar-refractivity contribution is 0.669. The summed E-state index contributed by atoms with van der Waals surface area (Å²) in [6.45, 7) is 0. The SMILES string of the molecule is c1ccc(-c2cc(-c3ccccc3)nc(-c3cccc4oc5ccc(-c6ccc(-c7ccc8ccccc8c7)cc6)cc5c34)c2)cc1. The summed E-state index contributed by atoms with van der Waals surface area (Å²) < 4.78 is 6.42. The molecule has 0 aliphatic carbocycles. The molecule has 0 atom stereocenters. The van der Waals surface area contributed by atoms with Gasteiger partial charge in [-0.15, -0.1) is 0 Å². The molecule has 220 valence electrons. The van der Waals surface area contributed by atoms with Crippen molar-refractivity contribution in [3.05, 3.63) is 176 Å². The molecule has 0 saturated carbocycles. The molecule has 47 heavy (non-hydrogen) atoms. The quantitative estimate of drug-likeness (QED) is 0.197. The van der Waals surface area contributed by atoms with E-state index in [0.717, 1.165) is 61.1 Å². The van der Waals surface area contributed by atoms with Crippen LogP contribution < -0.4 is 0 Å². The first-order chi connectivity index (χ1) is 23.3. The Morgan fingerprint density at radius 2 is 0.936 bits per heavy atom. The van der Waals surface area contributed by atoms with Gasteiger partial charge in [-0.3, -0.25) is 0 Å². The summed E-state index contributed by atoms with van der Waals surface area (Å²) in [5.41, 5.74) is 12.8. The predicted octanol–water partition coefficient (Wildman–Crippen LogP) is 12.5. The smallest absolute Gasteiger partial charge is 0.136 e. The molecule has 0 saturated heterocycles. The van der Waals surface area contributed by atoms with Crippen LogP contribution in [0, 0.1) is 0 Å². The maximum absolute atomic E-state index is 6.42. The zero-order chi connectivity index (χ0) is 31.2. The normalized spacial score (nSPS) is 11.4. The molecule has 2 aromatic heterocycles.